The van der Waals surface area contributed by atoms with Gasteiger partial charge in [-0.15, -0.1) is 0 Å². The Morgan fingerprint density at radius 1 is 1.33 bits per heavy atom. The van der Waals surface area contributed by atoms with Crippen LogP contribution in [0.1, 0.15) is 39.5 Å². The van der Waals surface area contributed by atoms with Crippen LogP contribution in [-0.4, -0.2) is 48.2 Å². The number of nitrogens with two attached hydrogens (primary N) is 1. The van der Waals surface area contributed by atoms with Gasteiger partial charge in [0.2, 0.25) is 5.91 Å². The number of hydrogen-bond acceptors (Lipinski definition) is 4. The van der Waals surface area contributed by atoms with E-state index in [0.717, 1.165) is 25.9 Å². The highest BCUT2D eigenvalue weighted by molar-refractivity contribution is 6.06. The third-order valence-corrected chi connectivity index (χ3v) is 5.12. The van der Waals surface area contributed by atoms with Crippen LogP contribution in [0.15, 0.2) is 5.16 Å². The van der Waals surface area contributed by atoms with E-state index in [1.54, 1.807) is 0 Å². The van der Waals surface area contributed by atoms with E-state index < -0.39 is 5.41 Å². The van der Waals surface area contributed by atoms with Gasteiger partial charge in [0.25, 0.3) is 0 Å². The summed E-state index contributed by atoms with van der Waals surface area (Å²) in [4.78, 5) is 14.8. The minimum Gasteiger partial charge on any atom is -0.409 e. The zero-order valence-electron chi connectivity index (χ0n) is 13.0. The molecule has 120 valence electrons. The van der Waals surface area contributed by atoms with Crippen molar-refractivity contribution < 1.29 is 14.7 Å². The molecule has 1 amide bonds. The molecule has 3 N–H and O–H groups in total. The lowest BCUT2D eigenvalue weighted by Gasteiger charge is -2.41. The molecule has 2 heterocycles. The van der Waals surface area contributed by atoms with Crippen molar-refractivity contribution in [2.24, 2.45) is 28.1 Å². The van der Waals surface area contributed by atoms with Crippen molar-refractivity contribution in [2.45, 2.75) is 39.5 Å². The first-order chi connectivity index (χ1) is 10.0. The molecule has 0 bridgehead atoms. The highest BCUT2D eigenvalue weighted by atomic mass is 16.5. The van der Waals surface area contributed by atoms with E-state index in [1.807, 2.05) is 4.90 Å². The maximum atomic E-state index is 13.0. The molecule has 2 rings (SSSR count). The predicted molar refractivity (Wildman–Crippen MR) is 80.0 cm³/mol. The highest BCUT2D eigenvalue weighted by Gasteiger charge is 2.47. The highest BCUT2D eigenvalue weighted by Crippen LogP contribution is 2.35. The average Bonchev–Trinajstić information content (AvgIpc) is 2.54. The zero-order valence-corrected chi connectivity index (χ0v) is 13.0. The number of amides is 1. The Morgan fingerprint density at radius 2 is 1.90 bits per heavy atom. The van der Waals surface area contributed by atoms with E-state index in [2.05, 4.69) is 19.0 Å². The number of carbonyl (C=O) groups is 1. The number of piperidine rings is 1. The maximum absolute atomic E-state index is 13.0. The first-order valence-corrected chi connectivity index (χ1v) is 7.86. The third kappa shape index (κ3) is 3.15. The topological polar surface area (TPSA) is 88.2 Å². The summed E-state index contributed by atoms with van der Waals surface area (Å²) in [5.41, 5.74) is 4.99. The number of likely N-dealkylation sites (tertiary alicyclic amines) is 1. The lowest BCUT2D eigenvalue weighted by molar-refractivity contribution is -0.144. The fraction of sp³-hybridized carbons (Fsp3) is 0.867. The monoisotopic (exact) mass is 297 g/mol. The minimum atomic E-state index is -0.877. The SMILES string of the molecule is CC(C)C1CCN(C(=O)C2(C(N)=NO)CCOCC2)CC1. The Labute approximate surface area is 126 Å². The van der Waals surface area contributed by atoms with Crippen LogP contribution in [-0.2, 0) is 9.53 Å². The Bertz CT molecular complexity index is 395. The molecule has 6 nitrogen and oxygen atoms in total. The number of ether oxygens (including phenoxy) is 1. The number of carbonyl (C=O) groups excluding carboxylic acids is 1. The van der Waals surface area contributed by atoms with Crippen molar-refractivity contribution >= 4 is 11.7 Å². The minimum absolute atomic E-state index is 0.00306. The molecule has 0 atom stereocenters. The predicted octanol–water partition coefficient (Wildman–Crippen LogP) is 1.42. The summed E-state index contributed by atoms with van der Waals surface area (Å²) < 4.78 is 5.34. The van der Waals surface area contributed by atoms with Crippen LogP contribution in [0.5, 0.6) is 0 Å². The molecule has 2 aliphatic heterocycles. The second-order valence-electron chi connectivity index (χ2n) is 6.55. The molecule has 0 unspecified atom stereocenters. The van der Waals surface area contributed by atoms with Gasteiger partial charge in [0.05, 0.1) is 0 Å². The first kappa shape index (κ1) is 16.1. The molecule has 0 radical (unpaired) electrons. The lowest BCUT2D eigenvalue weighted by Crippen LogP contribution is -2.55. The van der Waals surface area contributed by atoms with Crippen LogP contribution in [0.2, 0.25) is 0 Å². The van der Waals surface area contributed by atoms with E-state index in [0.29, 0.717) is 37.9 Å². The Hall–Kier alpha value is -1.30. The molecule has 0 aromatic rings. The van der Waals surface area contributed by atoms with E-state index in [9.17, 15) is 4.79 Å². The van der Waals surface area contributed by atoms with Crippen molar-refractivity contribution in [2.75, 3.05) is 26.3 Å². The van der Waals surface area contributed by atoms with Gasteiger partial charge in [-0.05, 0) is 37.5 Å². The van der Waals surface area contributed by atoms with Crippen LogP contribution in [0, 0.1) is 17.3 Å². The number of amidine groups is 1. The van der Waals surface area contributed by atoms with Crippen molar-refractivity contribution in [3.63, 3.8) is 0 Å². The van der Waals surface area contributed by atoms with Crippen LogP contribution in [0.25, 0.3) is 0 Å². The van der Waals surface area contributed by atoms with Crippen LogP contribution < -0.4 is 5.73 Å². The van der Waals surface area contributed by atoms with Gasteiger partial charge < -0.3 is 20.6 Å². The van der Waals surface area contributed by atoms with Gasteiger partial charge in [0, 0.05) is 26.3 Å². The van der Waals surface area contributed by atoms with Gasteiger partial charge >= 0.3 is 0 Å². The summed E-state index contributed by atoms with van der Waals surface area (Å²) in [6, 6.07) is 0. The van der Waals surface area contributed by atoms with Gasteiger partial charge in [0.15, 0.2) is 5.84 Å². The molecule has 21 heavy (non-hydrogen) atoms. The molecule has 2 saturated heterocycles. The molecular weight excluding hydrogens is 270 g/mol. The van der Waals surface area contributed by atoms with Gasteiger partial charge in [-0.2, -0.15) is 0 Å². The number of oxime groups is 1. The standard InChI is InChI=1S/C15H27N3O3/c1-11(2)12-3-7-18(8-4-12)14(19)15(13(16)17-20)5-9-21-10-6-15/h11-12,20H,3-10H2,1-2H3,(H2,16,17). The van der Waals surface area contributed by atoms with Crippen LogP contribution in [0.3, 0.4) is 0 Å². The maximum Gasteiger partial charge on any atom is 0.236 e. The molecular formula is C15H27N3O3. The summed E-state index contributed by atoms with van der Waals surface area (Å²) >= 11 is 0. The Morgan fingerprint density at radius 3 is 2.38 bits per heavy atom. The van der Waals surface area contributed by atoms with Crippen LogP contribution in [0.4, 0.5) is 0 Å². The summed E-state index contributed by atoms with van der Waals surface area (Å²) in [5, 5.41) is 12.2. The Kier molecular flexibility index (Phi) is 5.08. The normalized spacial score (nSPS) is 24.3. The van der Waals surface area contributed by atoms with E-state index >= 15 is 0 Å². The summed E-state index contributed by atoms with van der Waals surface area (Å²) in [6.45, 7) is 6.96. The zero-order chi connectivity index (χ0) is 15.5. The Balaban J connectivity index is 2.09. The number of rotatable bonds is 3. The summed E-state index contributed by atoms with van der Waals surface area (Å²) in [6.07, 6.45) is 3.05. The molecule has 2 aliphatic rings. The second kappa shape index (κ2) is 6.64. The fourth-order valence-corrected chi connectivity index (χ4v) is 3.47. The summed E-state index contributed by atoms with van der Waals surface area (Å²) in [7, 11) is 0. The molecule has 0 aromatic carbocycles. The van der Waals surface area contributed by atoms with Gasteiger partial charge in [-0.1, -0.05) is 19.0 Å². The number of nitrogens with zero attached hydrogens (tertiary/aromatic N) is 2. The largest absolute Gasteiger partial charge is 0.409 e. The van der Waals surface area contributed by atoms with Crippen molar-refractivity contribution in [1.82, 2.24) is 4.90 Å². The second-order valence-corrected chi connectivity index (χ2v) is 6.55. The average molecular weight is 297 g/mol. The molecule has 0 spiro atoms. The lowest BCUT2D eigenvalue weighted by atomic mass is 9.76. The summed E-state index contributed by atoms with van der Waals surface area (Å²) in [5.74, 6) is 1.37. The molecule has 6 heteroatoms. The third-order valence-electron chi connectivity index (χ3n) is 5.12. The molecule has 0 aliphatic carbocycles. The van der Waals surface area contributed by atoms with Gasteiger partial charge in [-0.25, -0.2) is 0 Å². The van der Waals surface area contributed by atoms with Crippen molar-refractivity contribution in [3.8, 4) is 0 Å². The molecule has 0 aromatic heterocycles. The van der Waals surface area contributed by atoms with E-state index in [4.69, 9.17) is 15.7 Å². The smallest absolute Gasteiger partial charge is 0.236 e. The van der Waals surface area contributed by atoms with Crippen LogP contribution >= 0.6 is 0 Å². The fourth-order valence-electron chi connectivity index (χ4n) is 3.47. The quantitative estimate of drug-likeness (QED) is 0.357. The van der Waals surface area contributed by atoms with E-state index in [-0.39, 0.29) is 11.7 Å². The molecule has 0 saturated carbocycles. The molecule has 2 fully saturated rings. The first-order valence-electron chi connectivity index (χ1n) is 7.86. The van der Waals surface area contributed by atoms with Crippen molar-refractivity contribution in [3.05, 3.63) is 0 Å². The number of hydrogen-bond donors (Lipinski definition) is 2. The van der Waals surface area contributed by atoms with Crippen molar-refractivity contribution in [1.29, 1.82) is 0 Å². The van der Waals surface area contributed by atoms with Gasteiger partial charge in [0.1, 0.15) is 5.41 Å². The van der Waals surface area contributed by atoms with E-state index in [1.165, 1.54) is 0 Å². The van der Waals surface area contributed by atoms with Gasteiger partial charge in [-0.3, -0.25) is 4.79 Å².